The molecule has 0 heterocycles. The molecule has 0 aromatic heterocycles. The molecule has 1 aromatic carbocycles. The summed E-state index contributed by atoms with van der Waals surface area (Å²) in [5.74, 6) is 1.62. The monoisotopic (exact) mass is 390 g/mol. The molecule has 5 aliphatic rings. The molecule has 29 heavy (non-hydrogen) atoms. The fourth-order valence-corrected chi connectivity index (χ4v) is 7.43. The van der Waals surface area contributed by atoms with Gasteiger partial charge in [0.15, 0.2) is 0 Å². The van der Waals surface area contributed by atoms with E-state index in [0.717, 1.165) is 32.1 Å². The van der Waals surface area contributed by atoms with Gasteiger partial charge in [-0.3, -0.25) is 4.79 Å². The third-order valence-electron chi connectivity index (χ3n) is 8.77. The minimum atomic E-state index is -0.251. The van der Waals surface area contributed by atoms with Crippen molar-refractivity contribution in [3.63, 3.8) is 0 Å². The van der Waals surface area contributed by atoms with Crippen molar-refractivity contribution >= 4 is 12.1 Å². The summed E-state index contributed by atoms with van der Waals surface area (Å²) < 4.78 is 0. The van der Waals surface area contributed by atoms with Gasteiger partial charge in [-0.1, -0.05) is 42.0 Å². The van der Waals surface area contributed by atoms with Crippen LogP contribution < -0.4 is 5.32 Å². The van der Waals surface area contributed by atoms with E-state index in [4.69, 9.17) is 0 Å². The van der Waals surface area contributed by atoms with Crippen LogP contribution in [0.25, 0.3) is 0 Å². The molecule has 1 aromatic rings. The van der Waals surface area contributed by atoms with Gasteiger partial charge < -0.3 is 5.32 Å². The van der Waals surface area contributed by atoms with Crippen molar-refractivity contribution in [2.24, 2.45) is 28.2 Å². The topological polar surface area (TPSA) is 41.5 Å². The smallest absolute Gasteiger partial charge is 0.252 e. The van der Waals surface area contributed by atoms with Gasteiger partial charge in [-0.2, -0.15) is 0 Å². The molecule has 5 fully saturated rings. The summed E-state index contributed by atoms with van der Waals surface area (Å²) in [4.78, 5) is 18.2. The lowest BCUT2D eigenvalue weighted by Gasteiger charge is -2.41. The van der Waals surface area contributed by atoms with Crippen LogP contribution in [0.15, 0.2) is 47.0 Å². The average molecular weight is 391 g/mol. The SMILES string of the molecule is C/C=C1/C2CC3(c4ccccc4)CC1C(C(=O)N=CC1CCC(NC)CC1)(C2)C3. The number of carbonyl (C=O) groups excluding carboxylic acids is 1. The van der Waals surface area contributed by atoms with Crippen LogP contribution in [0.4, 0.5) is 0 Å². The van der Waals surface area contributed by atoms with Crippen LogP contribution >= 0.6 is 0 Å². The number of allylic oxidation sites excluding steroid dienone is 2. The van der Waals surface area contributed by atoms with Crippen molar-refractivity contribution in [2.45, 2.75) is 69.7 Å². The van der Waals surface area contributed by atoms with Gasteiger partial charge in [0.1, 0.15) is 0 Å². The van der Waals surface area contributed by atoms with Gasteiger partial charge in [0, 0.05) is 12.3 Å². The highest BCUT2D eigenvalue weighted by Crippen LogP contribution is 2.72. The van der Waals surface area contributed by atoms with Crippen LogP contribution in [0.1, 0.15) is 63.9 Å². The lowest BCUT2D eigenvalue weighted by molar-refractivity contribution is -0.129. The molecule has 5 aliphatic carbocycles. The fraction of sp³-hybridized carbons (Fsp3) is 0.615. The maximum atomic E-state index is 13.6. The zero-order valence-corrected chi connectivity index (χ0v) is 17.9. The summed E-state index contributed by atoms with van der Waals surface area (Å²) in [6, 6.07) is 11.6. The lowest BCUT2D eigenvalue weighted by atomic mass is 9.63. The number of rotatable bonds is 4. The van der Waals surface area contributed by atoms with E-state index in [1.807, 2.05) is 6.21 Å². The highest BCUT2D eigenvalue weighted by atomic mass is 16.1. The van der Waals surface area contributed by atoms with Crippen LogP contribution in [-0.2, 0) is 10.2 Å². The van der Waals surface area contributed by atoms with Crippen molar-refractivity contribution < 1.29 is 4.79 Å². The Kier molecular flexibility index (Phi) is 4.77. The molecule has 0 spiro atoms. The molecule has 3 nitrogen and oxygen atoms in total. The van der Waals surface area contributed by atoms with Gasteiger partial charge in [-0.05, 0) is 94.1 Å². The third kappa shape index (κ3) is 2.96. The second-order valence-electron chi connectivity index (χ2n) is 10.1. The summed E-state index contributed by atoms with van der Waals surface area (Å²) in [6.45, 7) is 2.17. The zero-order chi connectivity index (χ0) is 20.1. The highest BCUT2D eigenvalue weighted by molar-refractivity contribution is 5.92. The largest absolute Gasteiger partial charge is 0.317 e. The first-order chi connectivity index (χ1) is 14.1. The summed E-state index contributed by atoms with van der Waals surface area (Å²) in [6.07, 6.45) is 13.4. The van der Waals surface area contributed by atoms with Gasteiger partial charge in [0.25, 0.3) is 5.91 Å². The summed E-state index contributed by atoms with van der Waals surface area (Å²) in [5.41, 5.74) is 2.91. The first-order valence-electron chi connectivity index (χ1n) is 11.6. The number of nitrogens with one attached hydrogen (secondary N) is 1. The predicted octanol–water partition coefficient (Wildman–Crippen LogP) is 5.07. The van der Waals surface area contributed by atoms with Crippen LogP contribution in [0.5, 0.6) is 0 Å². The van der Waals surface area contributed by atoms with Crippen molar-refractivity contribution in [3.8, 4) is 0 Å². The van der Waals surface area contributed by atoms with Gasteiger partial charge in [0.05, 0.1) is 5.41 Å². The molecule has 1 N–H and O–H groups in total. The standard InChI is InChI=1S/C26H34N2O/c1-3-22-19-13-25(20-7-5-4-6-8-20)15-23(22)26(14-19,17-25)24(29)28-16-18-9-11-21(27-2)12-10-18/h3-8,16,18-19,21,23,27H,9-15,17H2,1-2H3/b22-3-,28-16?. The number of amides is 1. The zero-order valence-electron chi connectivity index (χ0n) is 17.9. The predicted molar refractivity (Wildman–Crippen MR) is 118 cm³/mol. The van der Waals surface area contributed by atoms with Crippen molar-refractivity contribution in [1.82, 2.24) is 5.32 Å². The number of benzene rings is 1. The molecule has 0 radical (unpaired) electrons. The van der Waals surface area contributed by atoms with E-state index in [0.29, 0.717) is 23.8 Å². The van der Waals surface area contributed by atoms with E-state index in [1.165, 1.54) is 24.8 Å². The second kappa shape index (κ2) is 7.19. The van der Waals surface area contributed by atoms with Gasteiger partial charge in [-0.15, -0.1) is 0 Å². The quantitative estimate of drug-likeness (QED) is 0.576. The highest BCUT2D eigenvalue weighted by Gasteiger charge is 2.69. The Morgan fingerprint density at radius 1 is 1.10 bits per heavy atom. The normalized spacial score (nSPS) is 42.2. The minimum Gasteiger partial charge on any atom is -0.317 e. The Balaban J connectivity index is 1.39. The molecule has 0 saturated heterocycles. The van der Waals surface area contributed by atoms with Gasteiger partial charge in [0.2, 0.25) is 0 Å². The van der Waals surface area contributed by atoms with E-state index < -0.39 is 0 Å². The van der Waals surface area contributed by atoms with Gasteiger partial charge in [-0.25, -0.2) is 4.99 Å². The third-order valence-corrected chi connectivity index (χ3v) is 8.77. The van der Waals surface area contributed by atoms with Crippen LogP contribution in [-0.4, -0.2) is 25.2 Å². The summed E-state index contributed by atoms with van der Waals surface area (Å²) in [7, 11) is 2.05. The molecular weight excluding hydrogens is 356 g/mol. The molecule has 5 saturated carbocycles. The summed E-state index contributed by atoms with van der Waals surface area (Å²) in [5, 5.41) is 3.39. The maximum absolute atomic E-state index is 13.6. The van der Waals surface area contributed by atoms with Crippen molar-refractivity contribution in [1.29, 1.82) is 0 Å². The molecule has 6 rings (SSSR count). The number of aliphatic imine (C=N–C) groups is 1. The Hall–Kier alpha value is -1.74. The number of hydrogen-bond donors (Lipinski definition) is 1. The average Bonchev–Trinajstić information content (AvgIpc) is 3.14. The molecule has 154 valence electrons. The molecular formula is C26H34N2O. The van der Waals surface area contributed by atoms with E-state index in [1.54, 1.807) is 5.57 Å². The second-order valence-corrected chi connectivity index (χ2v) is 10.1. The van der Waals surface area contributed by atoms with E-state index in [2.05, 4.69) is 60.7 Å². The number of nitrogens with zero attached hydrogens (tertiary/aromatic N) is 1. The van der Waals surface area contributed by atoms with Crippen molar-refractivity contribution in [2.75, 3.05) is 7.05 Å². The van der Waals surface area contributed by atoms with Crippen LogP contribution in [0.2, 0.25) is 0 Å². The molecule has 1 amide bonds. The lowest BCUT2D eigenvalue weighted by Crippen LogP contribution is -2.37. The molecule has 0 aliphatic heterocycles. The Bertz CT molecular complexity index is 836. The van der Waals surface area contributed by atoms with Gasteiger partial charge >= 0.3 is 0 Å². The van der Waals surface area contributed by atoms with E-state index >= 15 is 0 Å². The number of hydrogen-bond acceptors (Lipinski definition) is 2. The first-order valence-corrected chi connectivity index (χ1v) is 11.6. The molecule has 3 heteroatoms. The van der Waals surface area contributed by atoms with E-state index in [-0.39, 0.29) is 16.7 Å². The fourth-order valence-electron chi connectivity index (χ4n) is 7.43. The molecule has 4 bridgehead atoms. The Morgan fingerprint density at radius 3 is 2.55 bits per heavy atom. The Morgan fingerprint density at radius 2 is 1.86 bits per heavy atom. The number of carbonyl (C=O) groups is 1. The van der Waals surface area contributed by atoms with Crippen LogP contribution in [0, 0.1) is 23.2 Å². The molecule has 4 unspecified atom stereocenters. The maximum Gasteiger partial charge on any atom is 0.252 e. The Labute approximate surface area is 175 Å². The molecule has 4 atom stereocenters. The summed E-state index contributed by atoms with van der Waals surface area (Å²) >= 11 is 0. The van der Waals surface area contributed by atoms with E-state index in [9.17, 15) is 4.79 Å². The van der Waals surface area contributed by atoms with Crippen molar-refractivity contribution in [3.05, 3.63) is 47.5 Å². The first kappa shape index (κ1) is 19.2. The minimum absolute atomic E-state index is 0.178. The van der Waals surface area contributed by atoms with Crippen LogP contribution in [0.3, 0.4) is 0 Å².